The summed E-state index contributed by atoms with van der Waals surface area (Å²) in [6, 6.07) is 5.60. The summed E-state index contributed by atoms with van der Waals surface area (Å²) in [5.41, 5.74) is 0.908. The van der Waals surface area contributed by atoms with Crippen molar-refractivity contribution >= 4 is 21.9 Å². The number of aliphatic carboxylic acids is 1. The fraction of sp³-hybridized carbons (Fsp3) is 0.500. The second-order valence-corrected chi connectivity index (χ2v) is 5.96. The number of phenols is 1. The van der Waals surface area contributed by atoms with Gasteiger partial charge in [-0.3, -0.25) is 9.69 Å². The topological polar surface area (TPSA) is 60.8 Å². The molecule has 0 aliphatic carbocycles. The number of carboxylic acid groups (broad SMARTS) is 1. The molecule has 1 fully saturated rings. The zero-order chi connectivity index (χ0) is 14.0. The van der Waals surface area contributed by atoms with Crippen LogP contribution in [0.4, 0.5) is 0 Å². The smallest absolute Gasteiger partial charge is 0.303 e. The van der Waals surface area contributed by atoms with Gasteiger partial charge in [0.2, 0.25) is 0 Å². The summed E-state index contributed by atoms with van der Waals surface area (Å²) in [4.78, 5) is 12.9. The van der Waals surface area contributed by atoms with Crippen molar-refractivity contribution in [3.8, 4) is 5.75 Å². The van der Waals surface area contributed by atoms with Crippen LogP contribution in [0.3, 0.4) is 0 Å². The first-order chi connectivity index (χ1) is 9.01. The first kappa shape index (κ1) is 14.3. The molecule has 2 N–H and O–H groups in total. The first-order valence-electron chi connectivity index (χ1n) is 6.45. The van der Waals surface area contributed by atoms with Crippen LogP contribution in [0.15, 0.2) is 22.7 Å². The predicted octanol–water partition coefficient (Wildman–Crippen LogP) is 3.01. The second-order valence-electron chi connectivity index (χ2n) is 5.04. The Morgan fingerprint density at radius 2 is 2.21 bits per heavy atom. The molecule has 0 aromatic heterocycles. The van der Waals surface area contributed by atoms with Gasteiger partial charge >= 0.3 is 5.97 Å². The van der Waals surface area contributed by atoms with Gasteiger partial charge in [0.05, 0.1) is 6.42 Å². The number of rotatable bonds is 5. The molecular formula is C14H18BrNO3. The monoisotopic (exact) mass is 327 g/mol. The van der Waals surface area contributed by atoms with Crippen molar-refractivity contribution in [1.82, 2.24) is 4.90 Å². The van der Waals surface area contributed by atoms with E-state index in [-0.39, 0.29) is 18.4 Å². The Morgan fingerprint density at radius 1 is 1.53 bits per heavy atom. The molecule has 0 spiro atoms. The Balaban J connectivity index is 2.06. The van der Waals surface area contributed by atoms with Gasteiger partial charge in [-0.05, 0) is 30.5 Å². The van der Waals surface area contributed by atoms with Gasteiger partial charge in [0.15, 0.2) is 0 Å². The lowest BCUT2D eigenvalue weighted by Crippen LogP contribution is -2.49. The van der Waals surface area contributed by atoms with Crippen LogP contribution >= 0.6 is 15.9 Å². The molecule has 1 unspecified atom stereocenters. The molecule has 0 bridgehead atoms. The normalized spacial score (nSPS) is 18.0. The zero-order valence-electron chi connectivity index (χ0n) is 10.8. The number of benzene rings is 1. The van der Waals surface area contributed by atoms with Crippen molar-refractivity contribution in [2.45, 2.75) is 25.8 Å². The number of likely N-dealkylation sites (tertiary alicyclic amines) is 1. The van der Waals surface area contributed by atoms with Crippen molar-refractivity contribution in [3.63, 3.8) is 0 Å². The lowest BCUT2D eigenvalue weighted by atomic mass is 9.90. The Morgan fingerprint density at radius 3 is 2.79 bits per heavy atom. The molecule has 4 nitrogen and oxygen atoms in total. The maximum atomic E-state index is 10.7. The van der Waals surface area contributed by atoms with E-state index in [2.05, 4.69) is 27.8 Å². The van der Waals surface area contributed by atoms with E-state index in [0.29, 0.717) is 5.75 Å². The summed E-state index contributed by atoms with van der Waals surface area (Å²) in [5, 5.41) is 18.7. The molecule has 1 aromatic rings. The van der Waals surface area contributed by atoms with Crippen molar-refractivity contribution in [3.05, 3.63) is 28.2 Å². The summed E-state index contributed by atoms with van der Waals surface area (Å²) in [5.74, 6) is -0.194. The highest BCUT2D eigenvalue weighted by Crippen LogP contribution is 2.37. The van der Waals surface area contributed by atoms with E-state index in [0.717, 1.165) is 29.5 Å². The largest absolute Gasteiger partial charge is 0.508 e. The molecule has 0 amide bonds. The van der Waals surface area contributed by atoms with Crippen LogP contribution in [-0.4, -0.2) is 34.2 Å². The van der Waals surface area contributed by atoms with E-state index in [1.54, 1.807) is 6.07 Å². The van der Waals surface area contributed by atoms with Crippen molar-refractivity contribution in [2.24, 2.45) is 5.92 Å². The van der Waals surface area contributed by atoms with E-state index in [9.17, 15) is 9.90 Å². The summed E-state index contributed by atoms with van der Waals surface area (Å²) in [6.07, 6.45) is 1.13. The fourth-order valence-corrected chi connectivity index (χ4v) is 3.09. The Hall–Kier alpha value is -1.07. The van der Waals surface area contributed by atoms with Gasteiger partial charge in [-0.25, -0.2) is 0 Å². The number of aromatic hydroxyl groups is 1. The zero-order valence-corrected chi connectivity index (χ0v) is 12.4. The van der Waals surface area contributed by atoms with Crippen LogP contribution in [0.2, 0.25) is 0 Å². The van der Waals surface area contributed by atoms with Gasteiger partial charge in [0.25, 0.3) is 0 Å². The Bertz CT molecular complexity index is 472. The molecule has 5 heteroatoms. The number of carboxylic acids is 1. The van der Waals surface area contributed by atoms with E-state index < -0.39 is 5.97 Å². The van der Waals surface area contributed by atoms with E-state index in [1.807, 2.05) is 12.1 Å². The van der Waals surface area contributed by atoms with Crippen LogP contribution in [0, 0.1) is 5.92 Å². The van der Waals surface area contributed by atoms with Gasteiger partial charge in [-0.15, -0.1) is 0 Å². The van der Waals surface area contributed by atoms with Crippen LogP contribution in [0.1, 0.15) is 31.4 Å². The highest BCUT2D eigenvalue weighted by atomic mass is 79.9. The Kier molecular flexibility index (Phi) is 4.47. The van der Waals surface area contributed by atoms with E-state index in [4.69, 9.17) is 5.11 Å². The molecule has 0 radical (unpaired) electrons. The average Bonchev–Trinajstić information content (AvgIpc) is 2.30. The van der Waals surface area contributed by atoms with Gasteiger partial charge < -0.3 is 10.2 Å². The lowest BCUT2D eigenvalue weighted by molar-refractivity contribution is -0.139. The summed E-state index contributed by atoms with van der Waals surface area (Å²) in [7, 11) is 0. The van der Waals surface area contributed by atoms with E-state index >= 15 is 0 Å². The van der Waals surface area contributed by atoms with Crippen molar-refractivity contribution in [2.75, 3.05) is 13.1 Å². The SMILES string of the molecule is CCC(c1cc(Br)ccc1O)N1CC(CC(=O)O)C1. The molecule has 1 heterocycles. The molecular weight excluding hydrogens is 310 g/mol. The third-order valence-corrected chi connectivity index (χ3v) is 4.12. The molecule has 104 valence electrons. The molecule has 19 heavy (non-hydrogen) atoms. The minimum absolute atomic E-state index is 0.155. The highest BCUT2D eigenvalue weighted by Gasteiger charge is 2.34. The molecule has 1 aliphatic rings. The number of nitrogens with zero attached hydrogens (tertiary/aromatic N) is 1. The standard InChI is InChI=1S/C14H18BrNO3/c1-2-12(11-6-10(15)3-4-13(11)17)16-7-9(8-16)5-14(18)19/h3-4,6,9,12,17H,2,5,7-8H2,1H3,(H,18,19). The maximum absolute atomic E-state index is 10.7. The summed E-state index contributed by atoms with van der Waals surface area (Å²) >= 11 is 3.42. The third kappa shape index (κ3) is 3.28. The molecule has 1 atom stereocenters. The van der Waals surface area contributed by atoms with Gasteiger partial charge in [-0.2, -0.15) is 0 Å². The molecule has 1 saturated heterocycles. The number of halogens is 1. The second kappa shape index (κ2) is 5.92. The van der Waals surface area contributed by atoms with Crippen LogP contribution in [0.25, 0.3) is 0 Å². The predicted molar refractivity (Wildman–Crippen MR) is 76.2 cm³/mol. The van der Waals surface area contributed by atoms with Crippen LogP contribution in [-0.2, 0) is 4.79 Å². The molecule has 1 aliphatic heterocycles. The summed E-state index contributed by atoms with van der Waals surface area (Å²) < 4.78 is 0.946. The number of hydrogen-bond donors (Lipinski definition) is 2. The minimum atomic E-state index is -0.733. The van der Waals surface area contributed by atoms with Crippen LogP contribution < -0.4 is 0 Å². The Labute approximate surface area is 121 Å². The maximum Gasteiger partial charge on any atom is 0.303 e. The third-order valence-electron chi connectivity index (χ3n) is 3.62. The lowest BCUT2D eigenvalue weighted by Gasteiger charge is -2.44. The quantitative estimate of drug-likeness (QED) is 0.872. The molecule has 1 aromatic carbocycles. The number of hydrogen-bond acceptors (Lipinski definition) is 3. The van der Waals surface area contributed by atoms with Crippen molar-refractivity contribution < 1.29 is 15.0 Å². The minimum Gasteiger partial charge on any atom is -0.508 e. The molecule has 0 saturated carbocycles. The van der Waals surface area contributed by atoms with Crippen LogP contribution in [0.5, 0.6) is 5.75 Å². The van der Waals surface area contributed by atoms with Gasteiger partial charge in [0.1, 0.15) is 5.75 Å². The number of carbonyl (C=O) groups is 1. The molecule has 2 rings (SSSR count). The summed E-state index contributed by atoms with van der Waals surface area (Å²) in [6.45, 7) is 3.66. The van der Waals surface area contributed by atoms with E-state index in [1.165, 1.54) is 0 Å². The highest BCUT2D eigenvalue weighted by molar-refractivity contribution is 9.10. The first-order valence-corrected chi connectivity index (χ1v) is 7.24. The fourth-order valence-electron chi connectivity index (χ4n) is 2.71. The van der Waals surface area contributed by atoms with Gasteiger partial charge in [-0.1, -0.05) is 22.9 Å². The van der Waals surface area contributed by atoms with Crippen molar-refractivity contribution in [1.29, 1.82) is 0 Å². The number of phenolic OH excluding ortho intramolecular Hbond substituents is 1. The van der Waals surface area contributed by atoms with Gasteiger partial charge in [0, 0.05) is 29.2 Å². The average molecular weight is 328 g/mol.